The number of hydrogen-bond donors (Lipinski definition) is 1. The molecule has 3 nitrogen and oxygen atoms in total. The van der Waals surface area contributed by atoms with Gasteiger partial charge in [0.2, 0.25) is 0 Å². The minimum absolute atomic E-state index is 0.221. The average Bonchev–Trinajstić information content (AvgIpc) is 2.43. The van der Waals surface area contributed by atoms with Gasteiger partial charge in [-0.25, -0.2) is 4.79 Å². The highest BCUT2D eigenvalue weighted by Gasteiger charge is 2.14. The van der Waals surface area contributed by atoms with Crippen molar-refractivity contribution in [2.24, 2.45) is 0 Å². The van der Waals surface area contributed by atoms with Crippen molar-refractivity contribution in [2.75, 3.05) is 0 Å². The van der Waals surface area contributed by atoms with Gasteiger partial charge in [0.1, 0.15) is 6.10 Å². The van der Waals surface area contributed by atoms with Gasteiger partial charge in [-0.2, -0.15) is 0 Å². The lowest BCUT2D eigenvalue weighted by molar-refractivity contribution is 0.0472. The largest absolute Gasteiger partial charge is 0.506 e. The molecule has 0 heterocycles. The molecule has 1 rings (SSSR count). The molecule has 1 aromatic carbocycles. The third kappa shape index (κ3) is 7.82. The first-order chi connectivity index (χ1) is 9.72. The van der Waals surface area contributed by atoms with Crippen molar-refractivity contribution >= 4 is 6.16 Å². The van der Waals surface area contributed by atoms with E-state index in [1.165, 1.54) is 25.7 Å². The van der Waals surface area contributed by atoms with E-state index in [9.17, 15) is 4.79 Å². The van der Waals surface area contributed by atoms with Crippen LogP contribution < -0.4 is 0 Å². The zero-order chi connectivity index (χ0) is 14.6. The normalized spacial score (nSPS) is 12.1. The molecule has 0 radical (unpaired) electrons. The summed E-state index contributed by atoms with van der Waals surface area (Å²) in [5.74, 6) is 0. The molecule has 0 aromatic heterocycles. The van der Waals surface area contributed by atoms with Gasteiger partial charge in [-0.1, -0.05) is 69.4 Å². The van der Waals surface area contributed by atoms with Crippen molar-refractivity contribution in [1.29, 1.82) is 0 Å². The van der Waals surface area contributed by atoms with Crippen molar-refractivity contribution in [3.63, 3.8) is 0 Å². The van der Waals surface area contributed by atoms with Crippen LogP contribution >= 0.6 is 0 Å². The summed E-state index contributed by atoms with van der Waals surface area (Å²) in [6, 6.07) is 9.93. The Morgan fingerprint density at radius 2 is 1.75 bits per heavy atom. The van der Waals surface area contributed by atoms with Crippen LogP contribution in [0.5, 0.6) is 0 Å². The Kier molecular flexibility index (Phi) is 8.52. The van der Waals surface area contributed by atoms with Gasteiger partial charge in [-0.05, 0) is 18.4 Å². The quantitative estimate of drug-likeness (QED) is 0.481. The van der Waals surface area contributed by atoms with E-state index in [1.54, 1.807) is 0 Å². The predicted molar refractivity (Wildman–Crippen MR) is 81.0 cm³/mol. The molecule has 0 spiro atoms. The van der Waals surface area contributed by atoms with E-state index in [0.29, 0.717) is 6.42 Å². The average molecular weight is 278 g/mol. The van der Waals surface area contributed by atoms with Crippen molar-refractivity contribution in [3.8, 4) is 0 Å². The molecule has 112 valence electrons. The number of rotatable bonds is 10. The lowest BCUT2D eigenvalue weighted by Crippen LogP contribution is -2.19. The summed E-state index contributed by atoms with van der Waals surface area (Å²) in [5.41, 5.74) is 1.13. The van der Waals surface area contributed by atoms with Crippen LogP contribution in [-0.4, -0.2) is 17.4 Å². The molecule has 1 atom stereocenters. The summed E-state index contributed by atoms with van der Waals surface area (Å²) in [6.45, 7) is 2.20. The Morgan fingerprint density at radius 1 is 1.10 bits per heavy atom. The topological polar surface area (TPSA) is 46.5 Å². The third-order valence-electron chi connectivity index (χ3n) is 3.45. The minimum Gasteiger partial charge on any atom is -0.450 e. The van der Waals surface area contributed by atoms with Crippen LogP contribution in [0.1, 0.15) is 57.4 Å². The molecular weight excluding hydrogens is 252 g/mol. The van der Waals surface area contributed by atoms with Crippen LogP contribution in [0.3, 0.4) is 0 Å². The first kappa shape index (κ1) is 16.5. The predicted octanol–water partition coefficient (Wildman–Crippen LogP) is 5.04. The molecule has 0 bridgehead atoms. The first-order valence-electron chi connectivity index (χ1n) is 7.66. The van der Waals surface area contributed by atoms with Gasteiger partial charge in [0.05, 0.1) is 0 Å². The highest BCUT2D eigenvalue weighted by atomic mass is 16.7. The zero-order valence-electron chi connectivity index (χ0n) is 12.4. The number of unbranched alkanes of at least 4 members (excludes halogenated alkanes) is 5. The highest BCUT2D eigenvalue weighted by molar-refractivity contribution is 5.57. The first-order valence-corrected chi connectivity index (χ1v) is 7.66. The van der Waals surface area contributed by atoms with Crippen molar-refractivity contribution in [3.05, 3.63) is 35.9 Å². The van der Waals surface area contributed by atoms with Gasteiger partial charge in [0.25, 0.3) is 0 Å². The molecule has 0 aliphatic heterocycles. The van der Waals surface area contributed by atoms with Gasteiger partial charge in [-0.3, -0.25) is 0 Å². The summed E-state index contributed by atoms with van der Waals surface area (Å²) in [7, 11) is 0. The maximum absolute atomic E-state index is 10.8. The number of benzene rings is 1. The maximum atomic E-state index is 10.8. The van der Waals surface area contributed by atoms with Gasteiger partial charge < -0.3 is 9.84 Å². The maximum Gasteiger partial charge on any atom is 0.506 e. The Labute approximate surface area is 122 Å². The monoisotopic (exact) mass is 278 g/mol. The molecule has 20 heavy (non-hydrogen) atoms. The molecule has 3 heteroatoms. The van der Waals surface area contributed by atoms with E-state index >= 15 is 0 Å². The second-order valence-electron chi connectivity index (χ2n) is 5.25. The number of hydrogen-bond acceptors (Lipinski definition) is 2. The standard InChI is InChI=1S/C17H26O3/c1-2-3-4-5-6-10-13-16(20-17(18)19)14-15-11-8-7-9-12-15/h7-9,11-12,16H,2-6,10,13-14H2,1H3,(H,18,19). The number of carboxylic acid groups (broad SMARTS) is 1. The molecule has 1 N–H and O–H groups in total. The van der Waals surface area contributed by atoms with E-state index in [0.717, 1.165) is 24.8 Å². The number of ether oxygens (including phenoxy) is 1. The lowest BCUT2D eigenvalue weighted by atomic mass is 10.0. The fourth-order valence-electron chi connectivity index (χ4n) is 2.37. The van der Waals surface area contributed by atoms with Crippen molar-refractivity contribution < 1.29 is 14.6 Å². The highest BCUT2D eigenvalue weighted by Crippen LogP contribution is 2.14. The summed E-state index contributed by atoms with van der Waals surface area (Å²) in [4.78, 5) is 10.8. The van der Waals surface area contributed by atoms with E-state index in [1.807, 2.05) is 30.3 Å². The van der Waals surface area contributed by atoms with Crippen molar-refractivity contribution in [2.45, 2.75) is 64.4 Å². The van der Waals surface area contributed by atoms with Gasteiger partial charge in [-0.15, -0.1) is 0 Å². The molecule has 0 aliphatic carbocycles. The SMILES string of the molecule is CCCCCCCCC(Cc1ccccc1)OC(=O)O. The summed E-state index contributed by atoms with van der Waals surface area (Å²) in [6.07, 6.45) is 7.34. The summed E-state index contributed by atoms with van der Waals surface area (Å²) < 4.78 is 5.00. The Balaban J connectivity index is 2.31. The molecule has 0 amide bonds. The fourth-order valence-corrected chi connectivity index (χ4v) is 2.37. The second kappa shape index (κ2) is 10.3. The van der Waals surface area contributed by atoms with Crippen LogP contribution in [0, 0.1) is 0 Å². The Bertz CT molecular complexity index is 362. The van der Waals surface area contributed by atoms with Gasteiger partial charge >= 0.3 is 6.16 Å². The third-order valence-corrected chi connectivity index (χ3v) is 3.45. The Hall–Kier alpha value is -1.51. The zero-order valence-corrected chi connectivity index (χ0v) is 12.4. The number of carbonyl (C=O) groups is 1. The molecule has 1 aromatic rings. The minimum atomic E-state index is -1.17. The van der Waals surface area contributed by atoms with Crippen LogP contribution in [0.2, 0.25) is 0 Å². The fraction of sp³-hybridized carbons (Fsp3) is 0.588. The lowest BCUT2D eigenvalue weighted by Gasteiger charge is -2.16. The summed E-state index contributed by atoms with van der Waals surface area (Å²) in [5, 5.41) is 8.81. The Morgan fingerprint density at radius 3 is 2.40 bits per heavy atom. The van der Waals surface area contributed by atoms with E-state index in [4.69, 9.17) is 9.84 Å². The smallest absolute Gasteiger partial charge is 0.450 e. The van der Waals surface area contributed by atoms with E-state index < -0.39 is 6.16 Å². The van der Waals surface area contributed by atoms with Crippen LogP contribution in [0.25, 0.3) is 0 Å². The molecular formula is C17H26O3. The molecule has 0 fully saturated rings. The van der Waals surface area contributed by atoms with Gasteiger partial charge in [0.15, 0.2) is 0 Å². The van der Waals surface area contributed by atoms with Crippen LogP contribution in [0.15, 0.2) is 30.3 Å². The van der Waals surface area contributed by atoms with Crippen LogP contribution in [-0.2, 0) is 11.2 Å². The van der Waals surface area contributed by atoms with Gasteiger partial charge in [0, 0.05) is 6.42 Å². The second-order valence-corrected chi connectivity index (χ2v) is 5.25. The van der Waals surface area contributed by atoms with Crippen molar-refractivity contribution in [1.82, 2.24) is 0 Å². The molecule has 0 aliphatic rings. The summed E-state index contributed by atoms with van der Waals surface area (Å²) >= 11 is 0. The molecule has 0 saturated heterocycles. The molecule has 0 saturated carbocycles. The van der Waals surface area contributed by atoms with Crippen LogP contribution in [0.4, 0.5) is 4.79 Å². The molecule has 1 unspecified atom stereocenters. The van der Waals surface area contributed by atoms with E-state index in [2.05, 4.69) is 6.92 Å². The van der Waals surface area contributed by atoms with E-state index in [-0.39, 0.29) is 6.10 Å².